The molecule has 2 N–H and O–H groups in total. The monoisotopic (exact) mass is 291 g/mol. The summed E-state index contributed by atoms with van der Waals surface area (Å²) in [5, 5.41) is 9.27. The molecule has 0 amide bonds. The van der Waals surface area contributed by atoms with Gasteiger partial charge in [-0.25, -0.2) is 13.1 Å². The summed E-state index contributed by atoms with van der Waals surface area (Å²) in [6, 6.07) is 8.42. The third kappa shape index (κ3) is 5.35. The molecular formula is C12H18ClNO3S. The fourth-order valence-electron chi connectivity index (χ4n) is 1.56. The van der Waals surface area contributed by atoms with E-state index < -0.39 is 16.1 Å². The summed E-state index contributed by atoms with van der Waals surface area (Å²) in [5.41, 5.74) is 0.751. The highest BCUT2D eigenvalue weighted by Gasteiger charge is 2.18. The summed E-state index contributed by atoms with van der Waals surface area (Å²) in [7, 11) is -3.38. The van der Waals surface area contributed by atoms with E-state index in [2.05, 4.69) is 4.72 Å². The van der Waals surface area contributed by atoms with Crippen molar-refractivity contribution in [3.63, 3.8) is 0 Å². The van der Waals surface area contributed by atoms with E-state index in [1.54, 1.807) is 24.3 Å². The SMILES string of the molecule is O=S(=O)(CCCCCl)N[C@@H](CO)c1ccccc1. The minimum absolute atomic E-state index is 0.0308. The van der Waals surface area contributed by atoms with Crippen molar-refractivity contribution < 1.29 is 13.5 Å². The molecule has 0 saturated heterocycles. The second-order valence-corrected chi connectivity index (χ2v) is 6.23. The molecule has 18 heavy (non-hydrogen) atoms. The summed E-state index contributed by atoms with van der Waals surface area (Å²) in [6.45, 7) is -0.265. The first-order valence-corrected chi connectivity index (χ1v) is 7.99. The van der Waals surface area contributed by atoms with E-state index in [-0.39, 0.29) is 12.4 Å². The highest BCUT2D eigenvalue weighted by molar-refractivity contribution is 7.89. The highest BCUT2D eigenvalue weighted by atomic mass is 35.5. The van der Waals surface area contributed by atoms with E-state index in [1.165, 1.54) is 0 Å². The second kappa shape index (κ2) is 7.74. The lowest BCUT2D eigenvalue weighted by Gasteiger charge is -2.16. The zero-order valence-electron chi connectivity index (χ0n) is 10.0. The van der Waals surface area contributed by atoms with Crippen molar-refractivity contribution in [2.75, 3.05) is 18.2 Å². The molecule has 6 heteroatoms. The molecular weight excluding hydrogens is 274 g/mol. The molecule has 0 heterocycles. The molecule has 1 aromatic carbocycles. The number of nitrogens with one attached hydrogen (secondary N) is 1. The van der Waals surface area contributed by atoms with Gasteiger partial charge in [-0.05, 0) is 18.4 Å². The second-order valence-electron chi connectivity index (χ2n) is 3.98. The van der Waals surface area contributed by atoms with Crippen LogP contribution in [0.15, 0.2) is 30.3 Å². The Balaban J connectivity index is 2.63. The van der Waals surface area contributed by atoms with Crippen LogP contribution in [0, 0.1) is 0 Å². The Morgan fingerprint density at radius 1 is 1.22 bits per heavy atom. The van der Waals surface area contributed by atoms with Crippen molar-refractivity contribution in [1.29, 1.82) is 0 Å². The lowest BCUT2D eigenvalue weighted by molar-refractivity contribution is 0.259. The summed E-state index contributed by atoms with van der Waals surface area (Å²) >= 11 is 5.50. The van der Waals surface area contributed by atoms with Gasteiger partial charge in [0.25, 0.3) is 0 Å². The Kier molecular flexibility index (Phi) is 6.63. The van der Waals surface area contributed by atoms with Crippen LogP contribution in [-0.4, -0.2) is 31.8 Å². The number of rotatable bonds is 8. The Morgan fingerprint density at radius 2 is 1.89 bits per heavy atom. The van der Waals surface area contributed by atoms with Crippen molar-refractivity contribution in [2.24, 2.45) is 0 Å². The van der Waals surface area contributed by atoms with Crippen LogP contribution in [0.3, 0.4) is 0 Å². The van der Waals surface area contributed by atoms with Crippen LogP contribution < -0.4 is 4.72 Å². The largest absolute Gasteiger partial charge is 0.394 e. The quantitative estimate of drug-likeness (QED) is 0.565. The van der Waals surface area contributed by atoms with Crippen molar-refractivity contribution in [3.05, 3.63) is 35.9 Å². The van der Waals surface area contributed by atoms with Gasteiger partial charge in [-0.2, -0.15) is 0 Å². The molecule has 4 nitrogen and oxygen atoms in total. The molecule has 0 aliphatic carbocycles. The van der Waals surface area contributed by atoms with E-state index in [4.69, 9.17) is 11.6 Å². The molecule has 0 unspecified atom stereocenters. The third-order valence-electron chi connectivity index (χ3n) is 2.50. The van der Waals surface area contributed by atoms with Crippen LogP contribution in [-0.2, 0) is 10.0 Å². The average molecular weight is 292 g/mol. The molecule has 0 saturated carbocycles. The zero-order chi connectivity index (χ0) is 13.4. The molecule has 0 radical (unpaired) electrons. The van der Waals surface area contributed by atoms with Gasteiger partial charge in [-0.15, -0.1) is 11.6 Å². The van der Waals surface area contributed by atoms with Gasteiger partial charge in [-0.1, -0.05) is 30.3 Å². The molecule has 1 rings (SSSR count). The molecule has 1 aromatic rings. The first-order valence-electron chi connectivity index (χ1n) is 5.81. The number of unbranched alkanes of at least 4 members (excludes halogenated alkanes) is 1. The van der Waals surface area contributed by atoms with Gasteiger partial charge < -0.3 is 5.11 Å². The number of halogens is 1. The third-order valence-corrected chi connectivity index (χ3v) is 4.24. The molecule has 0 spiro atoms. The number of hydrogen-bond donors (Lipinski definition) is 2. The Bertz CT molecular complexity index is 436. The summed E-state index contributed by atoms with van der Waals surface area (Å²) in [4.78, 5) is 0. The lowest BCUT2D eigenvalue weighted by atomic mass is 10.1. The molecule has 0 fully saturated rings. The van der Waals surface area contributed by atoms with Crippen molar-refractivity contribution in [1.82, 2.24) is 4.72 Å². The van der Waals surface area contributed by atoms with Crippen LogP contribution >= 0.6 is 11.6 Å². The van der Waals surface area contributed by atoms with E-state index in [0.717, 1.165) is 5.56 Å². The molecule has 0 bridgehead atoms. The molecule has 0 aliphatic heterocycles. The number of aliphatic hydroxyl groups excluding tert-OH is 1. The van der Waals surface area contributed by atoms with Gasteiger partial charge in [0, 0.05) is 5.88 Å². The summed E-state index contributed by atoms with van der Waals surface area (Å²) in [6.07, 6.45) is 1.18. The standard InChI is InChI=1S/C12H18ClNO3S/c13-8-4-5-9-18(16,17)14-12(10-15)11-6-2-1-3-7-11/h1-3,6-7,12,14-15H,4-5,8-10H2/t12-/m0/s1. The van der Waals surface area contributed by atoms with Crippen molar-refractivity contribution in [3.8, 4) is 0 Å². The normalized spacial score (nSPS) is 13.4. The number of alkyl halides is 1. The van der Waals surface area contributed by atoms with Gasteiger partial charge in [0.15, 0.2) is 0 Å². The van der Waals surface area contributed by atoms with Crippen LogP contribution in [0.25, 0.3) is 0 Å². The first kappa shape index (κ1) is 15.4. The minimum atomic E-state index is -3.38. The maximum Gasteiger partial charge on any atom is 0.212 e. The number of sulfonamides is 1. The number of benzene rings is 1. The van der Waals surface area contributed by atoms with E-state index in [9.17, 15) is 13.5 Å². The fourth-order valence-corrected chi connectivity index (χ4v) is 3.09. The predicted molar refractivity (Wildman–Crippen MR) is 73.1 cm³/mol. The highest BCUT2D eigenvalue weighted by Crippen LogP contribution is 2.13. The van der Waals surface area contributed by atoms with Gasteiger partial charge in [0.05, 0.1) is 18.4 Å². The zero-order valence-corrected chi connectivity index (χ0v) is 11.6. The summed E-state index contributed by atoms with van der Waals surface area (Å²) < 4.78 is 26.1. The van der Waals surface area contributed by atoms with E-state index in [1.807, 2.05) is 6.07 Å². The van der Waals surface area contributed by atoms with Gasteiger partial charge >= 0.3 is 0 Å². The summed E-state index contributed by atoms with van der Waals surface area (Å²) in [5.74, 6) is 0.487. The van der Waals surface area contributed by atoms with Gasteiger partial charge in [-0.3, -0.25) is 0 Å². The number of aliphatic hydroxyl groups is 1. The Hall–Kier alpha value is -0.620. The van der Waals surface area contributed by atoms with E-state index in [0.29, 0.717) is 18.7 Å². The number of hydrogen-bond acceptors (Lipinski definition) is 3. The average Bonchev–Trinajstić information content (AvgIpc) is 2.37. The van der Waals surface area contributed by atoms with Crippen LogP contribution in [0.4, 0.5) is 0 Å². The predicted octanol–water partition coefficient (Wildman–Crippen LogP) is 1.66. The molecule has 0 aromatic heterocycles. The fraction of sp³-hybridized carbons (Fsp3) is 0.500. The van der Waals surface area contributed by atoms with Crippen LogP contribution in [0.5, 0.6) is 0 Å². The topological polar surface area (TPSA) is 66.4 Å². The molecule has 0 aliphatic rings. The van der Waals surface area contributed by atoms with Crippen molar-refractivity contribution in [2.45, 2.75) is 18.9 Å². The van der Waals surface area contributed by atoms with Crippen molar-refractivity contribution >= 4 is 21.6 Å². The lowest BCUT2D eigenvalue weighted by Crippen LogP contribution is -2.32. The molecule has 1 atom stereocenters. The Morgan fingerprint density at radius 3 is 2.44 bits per heavy atom. The molecule has 102 valence electrons. The maximum atomic E-state index is 11.8. The van der Waals surface area contributed by atoms with Crippen LogP contribution in [0.1, 0.15) is 24.4 Å². The van der Waals surface area contributed by atoms with Gasteiger partial charge in [0.1, 0.15) is 0 Å². The minimum Gasteiger partial charge on any atom is -0.394 e. The van der Waals surface area contributed by atoms with E-state index >= 15 is 0 Å². The first-order chi connectivity index (χ1) is 8.59. The van der Waals surface area contributed by atoms with Gasteiger partial charge in [0.2, 0.25) is 10.0 Å². The smallest absolute Gasteiger partial charge is 0.212 e. The maximum absolute atomic E-state index is 11.8. The Labute approximate surface area is 113 Å². The van der Waals surface area contributed by atoms with Crippen LogP contribution in [0.2, 0.25) is 0 Å².